The number of anilines is 1. The maximum Gasteiger partial charge on any atom is 0.262 e. The van der Waals surface area contributed by atoms with Crippen LogP contribution in [0.15, 0.2) is 41.3 Å². The SMILES string of the molecule is Cc1cc(C#N)ccc1S(=O)(=O)Nc1ccc(O)c(Cl)c1. The number of halogens is 1. The molecule has 0 heterocycles. The summed E-state index contributed by atoms with van der Waals surface area (Å²) in [5.74, 6) is -0.130. The number of nitrogens with zero attached hydrogens (tertiary/aromatic N) is 1. The van der Waals surface area contributed by atoms with E-state index in [-0.39, 0.29) is 21.4 Å². The Balaban J connectivity index is 2.38. The van der Waals surface area contributed by atoms with Gasteiger partial charge in [0, 0.05) is 0 Å². The third-order valence-corrected chi connectivity index (χ3v) is 4.64. The lowest BCUT2D eigenvalue weighted by molar-refractivity contribution is 0.475. The highest BCUT2D eigenvalue weighted by Gasteiger charge is 2.17. The molecular formula is C14H11ClN2O3S. The second-order valence-corrected chi connectivity index (χ2v) is 6.42. The number of phenolic OH excluding ortho intramolecular Hbond substituents is 1. The molecule has 0 spiro atoms. The molecule has 0 unspecified atom stereocenters. The van der Waals surface area contributed by atoms with Crippen LogP contribution in [0.3, 0.4) is 0 Å². The first-order chi connectivity index (χ1) is 9.83. The third kappa shape index (κ3) is 3.27. The number of nitriles is 1. The van der Waals surface area contributed by atoms with Gasteiger partial charge in [-0.3, -0.25) is 4.72 Å². The van der Waals surface area contributed by atoms with E-state index in [1.54, 1.807) is 6.92 Å². The summed E-state index contributed by atoms with van der Waals surface area (Å²) in [6.45, 7) is 1.61. The van der Waals surface area contributed by atoms with Gasteiger partial charge in [0.15, 0.2) is 0 Å². The highest BCUT2D eigenvalue weighted by atomic mass is 35.5. The van der Waals surface area contributed by atoms with Crippen molar-refractivity contribution in [3.8, 4) is 11.8 Å². The van der Waals surface area contributed by atoms with Crippen LogP contribution in [0.25, 0.3) is 0 Å². The lowest BCUT2D eigenvalue weighted by Crippen LogP contribution is -2.14. The quantitative estimate of drug-likeness (QED) is 0.850. The molecule has 2 rings (SSSR count). The van der Waals surface area contributed by atoms with Crippen LogP contribution in [0.5, 0.6) is 5.75 Å². The number of aromatic hydroxyl groups is 1. The molecule has 0 aliphatic carbocycles. The van der Waals surface area contributed by atoms with Crippen molar-refractivity contribution in [1.29, 1.82) is 5.26 Å². The van der Waals surface area contributed by atoms with E-state index >= 15 is 0 Å². The van der Waals surface area contributed by atoms with Gasteiger partial charge in [-0.05, 0) is 48.9 Å². The summed E-state index contributed by atoms with van der Waals surface area (Å²) in [4.78, 5) is 0.0747. The third-order valence-electron chi connectivity index (χ3n) is 2.79. The molecule has 0 fully saturated rings. The van der Waals surface area contributed by atoms with E-state index in [0.29, 0.717) is 11.1 Å². The largest absolute Gasteiger partial charge is 0.506 e. The Labute approximate surface area is 127 Å². The summed E-state index contributed by atoms with van der Waals surface area (Å²) in [5.41, 5.74) is 1.09. The first-order valence-electron chi connectivity index (χ1n) is 5.85. The van der Waals surface area contributed by atoms with Crippen LogP contribution in [-0.2, 0) is 10.0 Å². The predicted molar refractivity (Wildman–Crippen MR) is 79.8 cm³/mol. The Kier molecular flexibility index (Phi) is 4.07. The minimum Gasteiger partial charge on any atom is -0.506 e. The molecule has 21 heavy (non-hydrogen) atoms. The number of hydrogen-bond acceptors (Lipinski definition) is 4. The van der Waals surface area contributed by atoms with Crippen LogP contribution in [0, 0.1) is 18.3 Å². The van der Waals surface area contributed by atoms with Crippen LogP contribution in [0.2, 0.25) is 5.02 Å². The summed E-state index contributed by atoms with van der Waals surface area (Å²) in [7, 11) is -3.80. The summed E-state index contributed by atoms with van der Waals surface area (Å²) >= 11 is 5.74. The summed E-state index contributed by atoms with van der Waals surface area (Å²) in [5, 5.41) is 18.2. The molecule has 7 heteroatoms. The molecular weight excluding hydrogens is 312 g/mol. The van der Waals surface area contributed by atoms with Crippen molar-refractivity contribution < 1.29 is 13.5 Å². The Hall–Kier alpha value is -2.23. The Bertz CT molecular complexity index is 842. The zero-order valence-electron chi connectivity index (χ0n) is 11.0. The van der Waals surface area contributed by atoms with Gasteiger partial charge < -0.3 is 5.11 Å². The predicted octanol–water partition coefficient (Wildman–Crippen LogP) is 3.03. The van der Waals surface area contributed by atoms with Gasteiger partial charge in [-0.2, -0.15) is 5.26 Å². The molecule has 0 saturated carbocycles. The smallest absolute Gasteiger partial charge is 0.262 e. The molecule has 2 aromatic rings. The number of sulfonamides is 1. The van der Waals surface area contributed by atoms with E-state index in [1.165, 1.54) is 36.4 Å². The van der Waals surface area contributed by atoms with Crippen molar-refractivity contribution in [3.05, 3.63) is 52.5 Å². The van der Waals surface area contributed by atoms with Gasteiger partial charge in [-0.15, -0.1) is 0 Å². The van der Waals surface area contributed by atoms with E-state index in [2.05, 4.69) is 4.72 Å². The fraction of sp³-hybridized carbons (Fsp3) is 0.0714. The molecule has 0 radical (unpaired) electrons. The van der Waals surface area contributed by atoms with Crippen LogP contribution < -0.4 is 4.72 Å². The number of nitrogens with one attached hydrogen (secondary N) is 1. The summed E-state index contributed by atoms with van der Waals surface area (Å²) in [6, 6.07) is 10.3. The van der Waals surface area contributed by atoms with Crippen LogP contribution in [-0.4, -0.2) is 13.5 Å². The average molecular weight is 323 g/mol. The molecule has 108 valence electrons. The standard InChI is InChI=1S/C14H11ClN2O3S/c1-9-6-10(8-16)2-5-14(9)21(19,20)17-11-3-4-13(18)12(15)7-11/h2-7,17-18H,1H3. The van der Waals surface area contributed by atoms with Crippen molar-refractivity contribution in [1.82, 2.24) is 0 Å². The topological polar surface area (TPSA) is 90.2 Å². The molecule has 0 bridgehead atoms. The van der Waals surface area contributed by atoms with Crippen LogP contribution in [0.4, 0.5) is 5.69 Å². The normalized spacial score (nSPS) is 10.9. The molecule has 0 saturated heterocycles. The maximum absolute atomic E-state index is 12.3. The second-order valence-electron chi connectivity index (χ2n) is 4.36. The van der Waals surface area contributed by atoms with E-state index in [9.17, 15) is 13.5 Å². The maximum atomic E-state index is 12.3. The van der Waals surface area contributed by atoms with Gasteiger partial charge in [-0.1, -0.05) is 11.6 Å². The summed E-state index contributed by atoms with van der Waals surface area (Å²) < 4.78 is 27.0. The summed E-state index contributed by atoms with van der Waals surface area (Å²) in [6.07, 6.45) is 0. The molecule has 2 aromatic carbocycles. The first-order valence-corrected chi connectivity index (χ1v) is 7.71. The van der Waals surface area contributed by atoms with Gasteiger partial charge in [0.2, 0.25) is 0 Å². The lowest BCUT2D eigenvalue weighted by Gasteiger charge is -2.11. The molecule has 0 aromatic heterocycles. The van der Waals surface area contributed by atoms with Crippen molar-refractivity contribution in [3.63, 3.8) is 0 Å². The molecule has 2 N–H and O–H groups in total. The Morgan fingerprint density at radius 2 is 1.95 bits per heavy atom. The number of rotatable bonds is 3. The minimum atomic E-state index is -3.80. The fourth-order valence-corrected chi connectivity index (χ4v) is 3.26. The molecule has 0 amide bonds. The molecule has 0 aliphatic heterocycles. The van der Waals surface area contributed by atoms with Crippen molar-refractivity contribution in [2.24, 2.45) is 0 Å². The van der Waals surface area contributed by atoms with Gasteiger partial charge >= 0.3 is 0 Å². The van der Waals surface area contributed by atoms with E-state index in [1.807, 2.05) is 6.07 Å². The number of benzene rings is 2. The zero-order chi connectivity index (χ0) is 15.6. The fourth-order valence-electron chi connectivity index (χ4n) is 1.80. The Morgan fingerprint density at radius 3 is 2.52 bits per heavy atom. The second kappa shape index (κ2) is 5.64. The van der Waals surface area contributed by atoms with Gasteiger partial charge in [0.25, 0.3) is 10.0 Å². The van der Waals surface area contributed by atoms with Crippen LogP contribution >= 0.6 is 11.6 Å². The van der Waals surface area contributed by atoms with E-state index in [0.717, 1.165) is 0 Å². The van der Waals surface area contributed by atoms with Crippen molar-refractivity contribution in [2.45, 2.75) is 11.8 Å². The van der Waals surface area contributed by atoms with E-state index in [4.69, 9.17) is 16.9 Å². The van der Waals surface area contributed by atoms with Crippen molar-refractivity contribution >= 4 is 27.3 Å². The first kappa shape index (κ1) is 15.2. The van der Waals surface area contributed by atoms with Crippen LogP contribution in [0.1, 0.15) is 11.1 Å². The molecule has 0 atom stereocenters. The number of phenols is 1. The monoisotopic (exact) mass is 322 g/mol. The molecule has 0 aliphatic rings. The minimum absolute atomic E-state index is 0.0479. The van der Waals surface area contributed by atoms with Gasteiger partial charge in [0.05, 0.1) is 27.2 Å². The van der Waals surface area contributed by atoms with Gasteiger partial charge in [-0.25, -0.2) is 8.42 Å². The molecule has 5 nitrogen and oxygen atoms in total. The lowest BCUT2D eigenvalue weighted by atomic mass is 10.2. The van der Waals surface area contributed by atoms with Crippen molar-refractivity contribution in [2.75, 3.05) is 4.72 Å². The highest BCUT2D eigenvalue weighted by Crippen LogP contribution is 2.28. The van der Waals surface area contributed by atoms with E-state index < -0.39 is 10.0 Å². The zero-order valence-corrected chi connectivity index (χ0v) is 12.5. The number of aryl methyl sites for hydroxylation is 1. The van der Waals surface area contributed by atoms with Gasteiger partial charge in [0.1, 0.15) is 5.75 Å². The average Bonchev–Trinajstić information content (AvgIpc) is 2.42. The number of hydrogen-bond donors (Lipinski definition) is 2. The Morgan fingerprint density at radius 1 is 1.24 bits per heavy atom. The highest BCUT2D eigenvalue weighted by molar-refractivity contribution is 7.92.